The van der Waals surface area contributed by atoms with Crippen molar-refractivity contribution in [1.29, 1.82) is 0 Å². The third kappa shape index (κ3) is 3.04. The van der Waals surface area contributed by atoms with Gasteiger partial charge in [0.05, 0.1) is 17.6 Å². The second kappa shape index (κ2) is 5.86. The van der Waals surface area contributed by atoms with Crippen LogP contribution in [0.3, 0.4) is 0 Å². The average molecular weight is 270 g/mol. The number of nitrogens with zero attached hydrogens (tertiary/aromatic N) is 3. The van der Waals surface area contributed by atoms with E-state index in [0.29, 0.717) is 11.7 Å². The number of hydrogen-bond acceptors (Lipinski definition) is 5. The third-order valence-corrected chi connectivity index (χ3v) is 3.53. The molecular formula is C15H18N4O. The van der Waals surface area contributed by atoms with Crippen LogP contribution < -0.4 is 10.5 Å². The van der Waals surface area contributed by atoms with E-state index in [4.69, 9.17) is 10.5 Å². The van der Waals surface area contributed by atoms with Crippen molar-refractivity contribution < 1.29 is 4.74 Å². The van der Waals surface area contributed by atoms with E-state index in [1.54, 1.807) is 18.6 Å². The first-order valence-corrected chi connectivity index (χ1v) is 7.02. The number of anilines is 1. The minimum atomic E-state index is 0.268. The highest BCUT2D eigenvalue weighted by Gasteiger charge is 2.15. The van der Waals surface area contributed by atoms with Crippen molar-refractivity contribution in [3.05, 3.63) is 30.7 Å². The summed E-state index contributed by atoms with van der Waals surface area (Å²) in [4.78, 5) is 12.8. The molecule has 0 aromatic carbocycles. The first-order chi connectivity index (χ1) is 9.81. The summed E-state index contributed by atoms with van der Waals surface area (Å²) in [6.45, 7) is 0. The molecule has 2 aromatic heterocycles. The van der Waals surface area contributed by atoms with Gasteiger partial charge in [0.25, 0.3) is 0 Å². The predicted molar refractivity (Wildman–Crippen MR) is 77.2 cm³/mol. The molecular weight excluding hydrogens is 252 g/mol. The van der Waals surface area contributed by atoms with Crippen LogP contribution in [0.25, 0.3) is 11.3 Å². The smallest absolute Gasteiger partial charge is 0.316 e. The van der Waals surface area contributed by atoms with Crippen LogP contribution in [0.1, 0.15) is 32.1 Å². The molecule has 2 N–H and O–H groups in total. The maximum Gasteiger partial charge on any atom is 0.316 e. The molecule has 0 unspecified atom stereocenters. The Labute approximate surface area is 118 Å². The molecule has 0 bridgehead atoms. The van der Waals surface area contributed by atoms with Gasteiger partial charge < -0.3 is 10.5 Å². The van der Waals surface area contributed by atoms with Gasteiger partial charge in [0, 0.05) is 18.0 Å². The Morgan fingerprint density at radius 2 is 1.70 bits per heavy atom. The molecule has 1 aliphatic rings. The summed E-state index contributed by atoms with van der Waals surface area (Å²) in [5.74, 6) is 0. The maximum absolute atomic E-state index is 5.80. The van der Waals surface area contributed by atoms with Crippen molar-refractivity contribution in [2.45, 2.75) is 38.2 Å². The SMILES string of the molecule is Nc1ccc(-c2cnc(OC3CCCCC3)nc2)nc1. The van der Waals surface area contributed by atoms with Gasteiger partial charge in [-0.3, -0.25) is 4.98 Å². The van der Waals surface area contributed by atoms with Gasteiger partial charge in [-0.05, 0) is 37.8 Å². The van der Waals surface area contributed by atoms with E-state index in [2.05, 4.69) is 15.0 Å². The second-order valence-corrected chi connectivity index (χ2v) is 5.11. The quantitative estimate of drug-likeness (QED) is 0.928. The van der Waals surface area contributed by atoms with E-state index in [-0.39, 0.29) is 6.10 Å². The van der Waals surface area contributed by atoms with Crippen LogP contribution in [-0.4, -0.2) is 21.1 Å². The van der Waals surface area contributed by atoms with Crippen LogP contribution >= 0.6 is 0 Å². The van der Waals surface area contributed by atoms with E-state index in [9.17, 15) is 0 Å². The van der Waals surface area contributed by atoms with E-state index >= 15 is 0 Å². The van der Waals surface area contributed by atoms with Gasteiger partial charge in [0.1, 0.15) is 6.10 Å². The van der Waals surface area contributed by atoms with Gasteiger partial charge in [-0.25, -0.2) is 9.97 Å². The monoisotopic (exact) mass is 270 g/mol. The van der Waals surface area contributed by atoms with E-state index in [0.717, 1.165) is 24.1 Å². The lowest BCUT2D eigenvalue weighted by atomic mass is 9.98. The lowest BCUT2D eigenvalue weighted by Gasteiger charge is -2.21. The first-order valence-electron chi connectivity index (χ1n) is 7.02. The van der Waals surface area contributed by atoms with Crippen molar-refractivity contribution >= 4 is 5.69 Å². The molecule has 5 nitrogen and oxygen atoms in total. The van der Waals surface area contributed by atoms with Gasteiger partial charge in [0.2, 0.25) is 0 Å². The van der Waals surface area contributed by atoms with Crippen molar-refractivity contribution in [2.75, 3.05) is 5.73 Å². The van der Waals surface area contributed by atoms with Crippen LogP contribution in [-0.2, 0) is 0 Å². The topological polar surface area (TPSA) is 73.9 Å². The van der Waals surface area contributed by atoms with Crippen LogP contribution in [0.2, 0.25) is 0 Å². The second-order valence-electron chi connectivity index (χ2n) is 5.11. The molecule has 0 amide bonds. The minimum Gasteiger partial charge on any atom is -0.460 e. The molecule has 3 rings (SSSR count). The van der Waals surface area contributed by atoms with Gasteiger partial charge >= 0.3 is 6.01 Å². The summed E-state index contributed by atoms with van der Waals surface area (Å²) in [7, 11) is 0. The summed E-state index contributed by atoms with van der Waals surface area (Å²) in [5.41, 5.74) is 7.94. The molecule has 1 fully saturated rings. The molecule has 2 aromatic rings. The van der Waals surface area contributed by atoms with Crippen molar-refractivity contribution in [1.82, 2.24) is 15.0 Å². The molecule has 0 saturated heterocycles. The molecule has 0 radical (unpaired) electrons. The Balaban J connectivity index is 1.69. The summed E-state index contributed by atoms with van der Waals surface area (Å²) in [6, 6.07) is 4.13. The Hall–Kier alpha value is -2.17. The lowest BCUT2D eigenvalue weighted by molar-refractivity contribution is 0.142. The van der Waals surface area contributed by atoms with Gasteiger partial charge in [-0.15, -0.1) is 0 Å². The number of hydrogen-bond donors (Lipinski definition) is 1. The Morgan fingerprint density at radius 1 is 0.950 bits per heavy atom. The summed E-state index contributed by atoms with van der Waals surface area (Å²) in [6.07, 6.45) is 11.4. The number of ether oxygens (including phenoxy) is 1. The number of rotatable bonds is 3. The Morgan fingerprint density at radius 3 is 2.35 bits per heavy atom. The average Bonchev–Trinajstić information content (AvgIpc) is 2.50. The molecule has 0 spiro atoms. The van der Waals surface area contributed by atoms with Crippen molar-refractivity contribution in [3.8, 4) is 17.3 Å². The highest BCUT2D eigenvalue weighted by molar-refractivity contribution is 5.58. The molecule has 1 aliphatic carbocycles. The van der Waals surface area contributed by atoms with E-state index in [1.165, 1.54) is 19.3 Å². The van der Waals surface area contributed by atoms with Crippen LogP contribution in [0.5, 0.6) is 6.01 Å². The largest absolute Gasteiger partial charge is 0.460 e. The first kappa shape index (κ1) is 12.8. The molecule has 5 heteroatoms. The summed E-state index contributed by atoms with van der Waals surface area (Å²) in [5, 5.41) is 0. The van der Waals surface area contributed by atoms with Crippen LogP contribution in [0.4, 0.5) is 5.69 Å². The normalized spacial score (nSPS) is 16.0. The zero-order chi connectivity index (χ0) is 13.8. The van der Waals surface area contributed by atoms with Crippen LogP contribution in [0, 0.1) is 0 Å². The predicted octanol–water partition coefficient (Wildman–Crippen LogP) is 2.83. The molecule has 0 aliphatic heterocycles. The van der Waals surface area contributed by atoms with Gasteiger partial charge in [-0.2, -0.15) is 0 Å². The molecule has 0 atom stereocenters. The fraction of sp³-hybridized carbons (Fsp3) is 0.400. The maximum atomic E-state index is 5.80. The third-order valence-electron chi connectivity index (χ3n) is 3.53. The number of pyridine rings is 1. The molecule has 1 saturated carbocycles. The lowest BCUT2D eigenvalue weighted by Crippen LogP contribution is -2.20. The Bertz CT molecular complexity index is 547. The van der Waals surface area contributed by atoms with E-state index in [1.807, 2.05) is 12.1 Å². The number of aromatic nitrogens is 3. The fourth-order valence-electron chi connectivity index (χ4n) is 2.42. The highest BCUT2D eigenvalue weighted by atomic mass is 16.5. The molecule has 20 heavy (non-hydrogen) atoms. The zero-order valence-electron chi connectivity index (χ0n) is 11.3. The van der Waals surface area contributed by atoms with Crippen molar-refractivity contribution in [2.24, 2.45) is 0 Å². The fourth-order valence-corrected chi connectivity index (χ4v) is 2.42. The standard InChI is InChI=1S/C15H18N4O/c16-12-6-7-14(17-10-12)11-8-18-15(19-9-11)20-13-4-2-1-3-5-13/h6-10,13H,1-5,16H2. The number of nitrogen functional groups attached to an aromatic ring is 1. The van der Waals surface area contributed by atoms with Crippen LogP contribution in [0.15, 0.2) is 30.7 Å². The summed E-state index contributed by atoms with van der Waals surface area (Å²) < 4.78 is 5.80. The van der Waals surface area contributed by atoms with Crippen molar-refractivity contribution in [3.63, 3.8) is 0 Å². The number of nitrogens with two attached hydrogens (primary N) is 1. The zero-order valence-corrected chi connectivity index (χ0v) is 11.3. The molecule has 104 valence electrons. The highest BCUT2D eigenvalue weighted by Crippen LogP contribution is 2.22. The Kier molecular flexibility index (Phi) is 3.76. The van der Waals surface area contributed by atoms with Gasteiger partial charge in [-0.1, -0.05) is 6.42 Å². The molecule has 2 heterocycles. The van der Waals surface area contributed by atoms with E-state index < -0.39 is 0 Å². The summed E-state index contributed by atoms with van der Waals surface area (Å²) >= 11 is 0. The minimum absolute atomic E-state index is 0.268. The van der Waals surface area contributed by atoms with Gasteiger partial charge in [0.15, 0.2) is 0 Å².